The third kappa shape index (κ3) is 2.91. The summed E-state index contributed by atoms with van der Waals surface area (Å²) in [4.78, 5) is 0. The molecule has 0 saturated heterocycles. The topological polar surface area (TPSA) is 46.6 Å². The van der Waals surface area contributed by atoms with Crippen molar-refractivity contribution in [3.05, 3.63) is 35.9 Å². The molecule has 0 atom stereocenters. The van der Waals surface area contributed by atoms with E-state index in [-0.39, 0.29) is 0 Å². The van der Waals surface area contributed by atoms with E-state index in [1.807, 2.05) is 30.3 Å². The van der Waals surface area contributed by atoms with E-state index in [1.54, 1.807) is 7.11 Å². The monoisotopic (exact) mass is 267 g/mol. The summed E-state index contributed by atoms with van der Waals surface area (Å²) in [6, 6.07) is 7.83. The molecular weight excluding hydrogens is 250 g/mol. The van der Waals surface area contributed by atoms with Gasteiger partial charge in [-0.25, -0.2) is 8.42 Å². The van der Waals surface area contributed by atoms with E-state index in [2.05, 4.69) is 0 Å². The van der Waals surface area contributed by atoms with E-state index < -0.39 is 10.0 Å². The quantitative estimate of drug-likeness (QED) is 0.838. The highest BCUT2D eigenvalue weighted by atomic mass is 32.2. The number of hydrogen-bond acceptors (Lipinski definition) is 3. The van der Waals surface area contributed by atoms with Crippen LogP contribution in [0.3, 0.4) is 0 Å². The number of methoxy groups -OCH3 is 1. The Hall–Kier alpha value is -1.33. The molecule has 0 unspecified atom stereocenters. The van der Waals surface area contributed by atoms with Crippen molar-refractivity contribution in [1.82, 2.24) is 4.31 Å². The van der Waals surface area contributed by atoms with Crippen LogP contribution in [0, 0.1) is 0 Å². The largest absolute Gasteiger partial charge is 0.497 e. The van der Waals surface area contributed by atoms with Crippen LogP contribution in [-0.4, -0.2) is 39.2 Å². The molecule has 5 heteroatoms. The Morgan fingerprint density at radius 2 is 1.89 bits per heavy atom. The molecule has 0 saturated carbocycles. The number of nitrogens with zero attached hydrogens (tertiary/aromatic N) is 1. The number of rotatable bonds is 3. The van der Waals surface area contributed by atoms with Gasteiger partial charge in [0.1, 0.15) is 5.75 Å². The highest BCUT2D eigenvalue weighted by molar-refractivity contribution is 7.88. The van der Waals surface area contributed by atoms with Crippen molar-refractivity contribution in [1.29, 1.82) is 0 Å². The fourth-order valence-electron chi connectivity index (χ4n) is 2.02. The first-order chi connectivity index (χ1) is 8.50. The summed E-state index contributed by atoms with van der Waals surface area (Å²) in [5, 5.41) is 0. The van der Waals surface area contributed by atoms with Crippen molar-refractivity contribution in [2.75, 3.05) is 26.5 Å². The first-order valence-corrected chi connectivity index (χ1v) is 7.64. The van der Waals surface area contributed by atoms with E-state index >= 15 is 0 Å². The smallest absolute Gasteiger partial charge is 0.211 e. The van der Waals surface area contributed by atoms with E-state index in [9.17, 15) is 8.42 Å². The molecule has 1 aromatic carbocycles. The minimum atomic E-state index is -3.07. The van der Waals surface area contributed by atoms with Crippen LogP contribution in [0.5, 0.6) is 5.75 Å². The lowest BCUT2D eigenvalue weighted by Gasteiger charge is -2.24. The summed E-state index contributed by atoms with van der Waals surface area (Å²) in [7, 11) is -1.44. The number of ether oxygens (including phenoxy) is 1. The fraction of sp³-hybridized carbons (Fsp3) is 0.385. The van der Waals surface area contributed by atoms with Gasteiger partial charge in [-0.1, -0.05) is 18.2 Å². The summed E-state index contributed by atoms with van der Waals surface area (Å²) in [5.41, 5.74) is 2.32. The van der Waals surface area contributed by atoms with Crippen LogP contribution in [0.25, 0.3) is 5.57 Å². The Balaban J connectivity index is 2.14. The van der Waals surface area contributed by atoms with Crippen LogP contribution in [0.2, 0.25) is 0 Å². The third-order valence-corrected chi connectivity index (χ3v) is 4.37. The summed E-state index contributed by atoms with van der Waals surface area (Å²) in [6.07, 6.45) is 3.98. The average Bonchev–Trinajstić information content (AvgIpc) is 2.38. The maximum Gasteiger partial charge on any atom is 0.211 e. The minimum Gasteiger partial charge on any atom is -0.497 e. The second-order valence-electron chi connectivity index (χ2n) is 4.33. The molecular formula is C13H17NO3S. The Morgan fingerprint density at radius 3 is 2.33 bits per heavy atom. The van der Waals surface area contributed by atoms with E-state index in [0.29, 0.717) is 13.1 Å². The molecule has 1 aromatic rings. The van der Waals surface area contributed by atoms with Crippen LogP contribution in [0.1, 0.15) is 12.0 Å². The van der Waals surface area contributed by atoms with Gasteiger partial charge in [-0.2, -0.15) is 4.31 Å². The van der Waals surface area contributed by atoms with Gasteiger partial charge in [-0.15, -0.1) is 0 Å². The molecule has 4 nitrogen and oxygen atoms in total. The molecule has 0 N–H and O–H groups in total. The van der Waals surface area contributed by atoms with Crippen molar-refractivity contribution in [3.63, 3.8) is 0 Å². The summed E-state index contributed by atoms with van der Waals surface area (Å²) in [5.74, 6) is 0.827. The van der Waals surface area contributed by atoms with Crippen LogP contribution in [0.15, 0.2) is 30.3 Å². The number of sulfonamides is 1. The van der Waals surface area contributed by atoms with Crippen molar-refractivity contribution in [2.24, 2.45) is 0 Å². The van der Waals surface area contributed by atoms with Gasteiger partial charge in [-0.3, -0.25) is 0 Å². The van der Waals surface area contributed by atoms with Crippen molar-refractivity contribution < 1.29 is 13.2 Å². The average molecular weight is 267 g/mol. The van der Waals surface area contributed by atoms with Crippen molar-refractivity contribution in [2.45, 2.75) is 6.42 Å². The first-order valence-electron chi connectivity index (χ1n) is 5.79. The van der Waals surface area contributed by atoms with E-state index in [0.717, 1.165) is 17.7 Å². The highest BCUT2D eigenvalue weighted by Gasteiger charge is 2.19. The summed E-state index contributed by atoms with van der Waals surface area (Å²) in [6.45, 7) is 1.01. The Morgan fingerprint density at radius 1 is 1.22 bits per heavy atom. The highest BCUT2D eigenvalue weighted by Crippen LogP contribution is 2.24. The predicted molar refractivity (Wildman–Crippen MR) is 72.0 cm³/mol. The Bertz CT molecular complexity index is 546. The molecule has 0 spiro atoms. The maximum absolute atomic E-state index is 11.4. The van der Waals surface area contributed by atoms with E-state index in [1.165, 1.54) is 16.1 Å². The zero-order valence-corrected chi connectivity index (χ0v) is 11.4. The van der Waals surface area contributed by atoms with Gasteiger partial charge in [0.15, 0.2) is 0 Å². The van der Waals surface area contributed by atoms with Crippen LogP contribution >= 0.6 is 0 Å². The fourth-order valence-corrected chi connectivity index (χ4v) is 2.79. The molecule has 0 amide bonds. The van der Waals surface area contributed by atoms with Gasteiger partial charge in [0.05, 0.1) is 13.4 Å². The second kappa shape index (κ2) is 5.12. The standard InChI is InChI=1S/C13H17NO3S/c1-17-13-5-3-11(4-6-13)12-7-9-14(10-8-12)18(2,15)16/h3-7H,8-10H2,1-2H3. The molecule has 1 heterocycles. The van der Waals surface area contributed by atoms with Gasteiger partial charge < -0.3 is 4.74 Å². The summed E-state index contributed by atoms with van der Waals surface area (Å²) >= 11 is 0. The SMILES string of the molecule is COc1ccc(C2=CCN(S(C)(=O)=O)CC2)cc1. The predicted octanol–water partition coefficient (Wildman–Crippen LogP) is 1.74. The lowest BCUT2D eigenvalue weighted by atomic mass is 10.0. The molecule has 98 valence electrons. The maximum atomic E-state index is 11.4. The molecule has 0 radical (unpaired) electrons. The normalized spacial score (nSPS) is 17.3. The van der Waals surface area contributed by atoms with Crippen molar-refractivity contribution in [3.8, 4) is 5.75 Å². The molecule has 0 fully saturated rings. The van der Waals surface area contributed by atoms with Gasteiger partial charge in [0, 0.05) is 13.1 Å². The molecule has 1 aliphatic rings. The summed E-state index contributed by atoms with van der Waals surface area (Å²) < 4.78 is 29.4. The molecule has 2 rings (SSSR count). The van der Waals surface area contributed by atoms with Crippen LogP contribution in [0.4, 0.5) is 0 Å². The molecule has 0 aromatic heterocycles. The molecule has 18 heavy (non-hydrogen) atoms. The second-order valence-corrected chi connectivity index (χ2v) is 6.31. The Labute approximate surface area is 108 Å². The zero-order valence-electron chi connectivity index (χ0n) is 10.6. The Kier molecular flexibility index (Phi) is 3.73. The molecule has 0 bridgehead atoms. The van der Waals surface area contributed by atoms with E-state index in [4.69, 9.17) is 4.74 Å². The zero-order chi connectivity index (χ0) is 13.2. The third-order valence-electron chi connectivity index (χ3n) is 3.10. The van der Waals surface area contributed by atoms with Crippen molar-refractivity contribution >= 4 is 15.6 Å². The van der Waals surface area contributed by atoms with Gasteiger partial charge in [0.2, 0.25) is 10.0 Å². The van der Waals surface area contributed by atoms with Gasteiger partial charge in [-0.05, 0) is 29.7 Å². The van der Waals surface area contributed by atoms with Crippen LogP contribution in [-0.2, 0) is 10.0 Å². The first kappa shape index (κ1) is 13.1. The lowest BCUT2D eigenvalue weighted by Crippen LogP contribution is -2.33. The number of benzene rings is 1. The minimum absolute atomic E-state index is 0.459. The molecule has 1 aliphatic heterocycles. The number of hydrogen-bond donors (Lipinski definition) is 0. The lowest BCUT2D eigenvalue weighted by molar-refractivity contribution is 0.414. The van der Waals surface area contributed by atoms with Crippen LogP contribution < -0.4 is 4.74 Å². The van der Waals surface area contributed by atoms with Gasteiger partial charge >= 0.3 is 0 Å². The molecule has 0 aliphatic carbocycles. The van der Waals surface area contributed by atoms with Gasteiger partial charge in [0.25, 0.3) is 0 Å².